The molecule has 5 rings (SSSR count). The van der Waals surface area contributed by atoms with E-state index in [0.717, 1.165) is 34.6 Å². The van der Waals surface area contributed by atoms with Crippen molar-refractivity contribution in [3.8, 4) is 5.75 Å². The van der Waals surface area contributed by atoms with E-state index in [0.29, 0.717) is 52.1 Å². The maximum absolute atomic E-state index is 13.7. The first-order valence-electron chi connectivity index (χ1n) is 17.8. The number of hydrogen-bond acceptors (Lipinski definition) is 8. The topological polar surface area (TPSA) is 123 Å². The Hall–Kier alpha value is -4.87. The summed E-state index contributed by atoms with van der Waals surface area (Å²) in [7, 11) is 1.37. The first-order chi connectivity index (χ1) is 25.4. The summed E-state index contributed by atoms with van der Waals surface area (Å²) in [5.41, 5.74) is 3.25. The number of carbonyl (C=O) groups excluding carboxylic acids is 4. The van der Waals surface area contributed by atoms with Crippen LogP contribution in [-0.2, 0) is 27.2 Å². The van der Waals surface area contributed by atoms with E-state index < -0.39 is 23.0 Å². The van der Waals surface area contributed by atoms with E-state index in [-0.39, 0.29) is 17.0 Å². The first kappa shape index (κ1) is 39.3. The molecule has 1 heterocycles. The fraction of sp³-hybridized carbons (Fsp3) is 0.333. The SMILES string of the molecule is CCOc1ccc(/C=C(/NC(=O)c2ccccc2)C(=O)Nc2cccc(SC(CC)C(=O)Nc3sc4c(c3C(=O)OC)CCC(C(C)(C)C)C4)c2)cc1. The monoisotopic (exact) mass is 753 g/mol. The molecule has 0 fully saturated rings. The van der Waals surface area contributed by atoms with E-state index in [1.807, 2.05) is 38.1 Å². The average molecular weight is 754 g/mol. The van der Waals surface area contributed by atoms with Crippen LogP contribution < -0.4 is 20.7 Å². The lowest BCUT2D eigenvalue weighted by molar-refractivity contribution is -0.116. The first-order valence-corrected chi connectivity index (χ1v) is 19.5. The number of nitrogens with one attached hydrogen (secondary N) is 3. The largest absolute Gasteiger partial charge is 0.494 e. The van der Waals surface area contributed by atoms with Gasteiger partial charge in [-0.2, -0.15) is 0 Å². The molecule has 0 saturated carbocycles. The van der Waals surface area contributed by atoms with Gasteiger partial charge in [0.05, 0.1) is 24.5 Å². The summed E-state index contributed by atoms with van der Waals surface area (Å²) < 4.78 is 10.7. The van der Waals surface area contributed by atoms with Crippen molar-refractivity contribution in [2.45, 2.75) is 70.4 Å². The maximum atomic E-state index is 13.7. The molecule has 2 atom stereocenters. The molecular weight excluding hydrogens is 707 g/mol. The van der Waals surface area contributed by atoms with Gasteiger partial charge in [-0.3, -0.25) is 14.4 Å². The van der Waals surface area contributed by atoms with Crippen molar-refractivity contribution >= 4 is 63.6 Å². The van der Waals surface area contributed by atoms with Crippen LogP contribution in [0.15, 0.2) is 89.5 Å². The van der Waals surface area contributed by atoms with Gasteiger partial charge in [0.25, 0.3) is 11.8 Å². The van der Waals surface area contributed by atoms with Crippen molar-refractivity contribution in [1.82, 2.24) is 5.32 Å². The minimum atomic E-state index is -0.513. The fourth-order valence-electron chi connectivity index (χ4n) is 6.19. The van der Waals surface area contributed by atoms with E-state index in [2.05, 4.69) is 36.7 Å². The van der Waals surface area contributed by atoms with Gasteiger partial charge in [-0.1, -0.05) is 64.1 Å². The van der Waals surface area contributed by atoms with E-state index in [9.17, 15) is 19.2 Å². The van der Waals surface area contributed by atoms with Crippen molar-refractivity contribution in [2.75, 3.05) is 24.4 Å². The number of methoxy groups -OCH3 is 1. The minimum absolute atomic E-state index is 0.0563. The molecule has 9 nitrogen and oxygen atoms in total. The average Bonchev–Trinajstić information content (AvgIpc) is 3.51. The highest BCUT2D eigenvalue weighted by atomic mass is 32.2. The number of rotatable bonds is 13. The number of carbonyl (C=O) groups is 4. The zero-order valence-corrected chi connectivity index (χ0v) is 32.7. The molecule has 3 N–H and O–H groups in total. The van der Waals surface area contributed by atoms with Crippen LogP contribution in [0, 0.1) is 11.3 Å². The van der Waals surface area contributed by atoms with Crippen LogP contribution in [-0.4, -0.2) is 42.7 Å². The smallest absolute Gasteiger partial charge is 0.341 e. The van der Waals surface area contributed by atoms with Crippen LogP contribution in [0.2, 0.25) is 0 Å². The van der Waals surface area contributed by atoms with E-state index in [4.69, 9.17) is 9.47 Å². The van der Waals surface area contributed by atoms with Crippen LogP contribution in [0.25, 0.3) is 6.08 Å². The Balaban J connectivity index is 1.32. The predicted molar refractivity (Wildman–Crippen MR) is 214 cm³/mol. The van der Waals surface area contributed by atoms with Crippen molar-refractivity contribution < 1.29 is 28.7 Å². The zero-order chi connectivity index (χ0) is 38.1. The molecule has 11 heteroatoms. The number of hydrogen-bond donors (Lipinski definition) is 3. The number of ether oxygens (including phenoxy) is 2. The lowest BCUT2D eigenvalue weighted by Crippen LogP contribution is -2.30. The van der Waals surface area contributed by atoms with Gasteiger partial charge >= 0.3 is 5.97 Å². The van der Waals surface area contributed by atoms with E-state index >= 15 is 0 Å². The number of anilines is 2. The summed E-state index contributed by atoms with van der Waals surface area (Å²) >= 11 is 2.84. The van der Waals surface area contributed by atoms with Crippen LogP contribution in [0.4, 0.5) is 10.7 Å². The molecule has 53 heavy (non-hydrogen) atoms. The summed E-state index contributed by atoms with van der Waals surface area (Å²) in [6.07, 6.45) is 4.74. The Morgan fingerprint density at radius 2 is 1.70 bits per heavy atom. The molecule has 278 valence electrons. The predicted octanol–water partition coefficient (Wildman–Crippen LogP) is 9.00. The summed E-state index contributed by atoms with van der Waals surface area (Å²) in [5.74, 6) is -0.409. The molecule has 0 spiro atoms. The van der Waals surface area contributed by atoms with Gasteiger partial charge in [0, 0.05) is 21.0 Å². The number of thiophene rings is 1. The Morgan fingerprint density at radius 3 is 2.36 bits per heavy atom. The lowest BCUT2D eigenvalue weighted by Gasteiger charge is -2.33. The molecule has 4 aromatic rings. The second kappa shape index (κ2) is 17.8. The second-order valence-corrected chi connectivity index (χ2v) is 16.3. The summed E-state index contributed by atoms with van der Waals surface area (Å²) in [5, 5.41) is 8.80. The molecular formula is C42H47N3O6S2. The second-order valence-electron chi connectivity index (χ2n) is 13.9. The molecule has 1 aliphatic rings. The van der Waals surface area contributed by atoms with Crippen LogP contribution >= 0.6 is 23.1 Å². The van der Waals surface area contributed by atoms with Crippen molar-refractivity contribution in [3.05, 3.63) is 112 Å². The Labute approximate surface area is 319 Å². The maximum Gasteiger partial charge on any atom is 0.341 e. The number of thioether (sulfide) groups is 1. The summed E-state index contributed by atoms with van der Waals surface area (Å²) in [6, 6.07) is 23.1. The third-order valence-electron chi connectivity index (χ3n) is 9.18. The summed E-state index contributed by atoms with van der Waals surface area (Å²) in [6.45, 7) is 11.1. The van der Waals surface area contributed by atoms with Gasteiger partial charge in [-0.05, 0) is 104 Å². The van der Waals surface area contributed by atoms with Crippen molar-refractivity contribution in [1.29, 1.82) is 0 Å². The highest BCUT2D eigenvalue weighted by molar-refractivity contribution is 8.00. The highest BCUT2D eigenvalue weighted by Gasteiger charge is 2.35. The third kappa shape index (κ3) is 10.2. The van der Waals surface area contributed by atoms with Crippen molar-refractivity contribution in [3.63, 3.8) is 0 Å². The van der Waals surface area contributed by atoms with Crippen LogP contribution in [0.1, 0.15) is 84.2 Å². The van der Waals surface area contributed by atoms with Crippen molar-refractivity contribution in [2.24, 2.45) is 11.3 Å². The Morgan fingerprint density at radius 1 is 0.962 bits per heavy atom. The number of fused-ring (bicyclic) bond motifs is 1. The highest BCUT2D eigenvalue weighted by Crippen LogP contribution is 2.45. The van der Waals surface area contributed by atoms with Gasteiger partial charge in [0.2, 0.25) is 5.91 Å². The van der Waals surface area contributed by atoms with Gasteiger partial charge < -0.3 is 25.4 Å². The standard InChI is InChI=1S/C42H47N3O6S2/c1-7-34(39(48)45-40-36(41(49)50-6)32-22-19-28(42(3,4)5)24-35(32)53-40)52-31-16-12-15-29(25-31)43-38(47)33(44-37(46)27-13-10-9-11-14-27)23-26-17-20-30(21-18-26)51-8-2/h9-18,20-21,23,25,28,34H,7-8,19,22,24H2,1-6H3,(H,43,47)(H,44,46)(H,45,48)/b33-23+. The molecule has 1 aliphatic carbocycles. The zero-order valence-electron chi connectivity index (χ0n) is 31.0. The number of benzene rings is 3. The summed E-state index contributed by atoms with van der Waals surface area (Å²) in [4.78, 5) is 55.4. The van der Waals surface area contributed by atoms with Gasteiger partial charge in [-0.25, -0.2) is 4.79 Å². The Kier molecular flexibility index (Phi) is 13.2. The quantitative estimate of drug-likeness (QED) is 0.0708. The minimum Gasteiger partial charge on any atom is -0.494 e. The van der Waals surface area contributed by atoms with Crippen LogP contribution in [0.5, 0.6) is 5.75 Å². The van der Waals surface area contributed by atoms with Crippen LogP contribution in [0.3, 0.4) is 0 Å². The Bertz CT molecular complexity index is 1960. The normalized spacial score (nSPS) is 14.8. The van der Waals surface area contributed by atoms with Gasteiger partial charge in [0.1, 0.15) is 16.4 Å². The molecule has 0 bridgehead atoms. The molecule has 0 saturated heterocycles. The molecule has 1 aromatic heterocycles. The van der Waals surface area contributed by atoms with E-state index in [1.165, 1.54) is 30.2 Å². The fourth-order valence-corrected chi connectivity index (χ4v) is 8.52. The van der Waals surface area contributed by atoms with Gasteiger partial charge in [-0.15, -0.1) is 23.1 Å². The molecule has 0 radical (unpaired) electrons. The number of esters is 1. The third-order valence-corrected chi connectivity index (χ3v) is 11.7. The van der Waals surface area contributed by atoms with Gasteiger partial charge in [0.15, 0.2) is 0 Å². The molecule has 0 aliphatic heterocycles. The molecule has 3 aromatic carbocycles. The molecule has 3 amide bonds. The lowest BCUT2D eigenvalue weighted by atomic mass is 9.72. The number of amides is 3. The molecule has 2 unspecified atom stereocenters. The van der Waals surface area contributed by atoms with E-state index in [1.54, 1.807) is 60.7 Å².